The van der Waals surface area contributed by atoms with E-state index >= 15 is 0 Å². The zero-order valence-electron chi connectivity index (χ0n) is 13.3. The van der Waals surface area contributed by atoms with Gasteiger partial charge in [0, 0.05) is 30.0 Å². The summed E-state index contributed by atoms with van der Waals surface area (Å²) in [6.07, 6.45) is 2.22. The van der Waals surface area contributed by atoms with Crippen molar-refractivity contribution in [2.24, 2.45) is 0 Å². The maximum absolute atomic E-state index is 12.1. The monoisotopic (exact) mass is 316 g/mol. The van der Waals surface area contributed by atoms with Crippen molar-refractivity contribution < 1.29 is 14.3 Å². The molecule has 0 aliphatic heterocycles. The Kier molecular flexibility index (Phi) is 5.41. The third-order valence-corrected chi connectivity index (χ3v) is 3.49. The van der Waals surface area contributed by atoms with Gasteiger partial charge in [-0.2, -0.15) is 0 Å². The minimum atomic E-state index is -0.207. The van der Waals surface area contributed by atoms with E-state index in [0.717, 1.165) is 5.39 Å². The second kappa shape index (κ2) is 7.49. The zero-order valence-corrected chi connectivity index (χ0v) is 13.3. The minimum Gasteiger partial charge on any atom is -0.493 e. The number of aromatic amines is 1. The van der Waals surface area contributed by atoms with Crippen LogP contribution in [-0.2, 0) is 11.2 Å². The van der Waals surface area contributed by atoms with E-state index in [1.165, 1.54) is 7.11 Å². The van der Waals surface area contributed by atoms with Gasteiger partial charge in [-0.25, -0.2) is 0 Å². The number of H-pyrrole nitrogens is 1. The topological polar surface area (TPSA) is 80.4 Å². The summed E-state index contributed by atoms with van der Waals surface area (Å²) in [6.45, 7) is 3.96. The molecule has 0 aliphatic rings. The molecule has 0 saturated carbocycles. The fourth-order valence-electron chi connectivity index (χ4n) is 2.29. The Bertz CT molecular complexity index is 780. The highest BCUT2D eigenvalue weighted by molar-refractivity contribution is 5.83. The highest BCUT2D eigenvalue weighted by atomic mass is 16.5. The lowest BCUT2D eigenvalue weighted by atomic mass is 10.1. The van der Waals surface area contributed by atoms with Crippen LogP contribution in [0.15, 0.2) is 35.6 Å². The second-order valence-electron chi connectivity index (χ2n) is 5.01. The molecular formula is C17H20N2O4. The molecule has 1 aromatic carbocycles. The lowest BCUT2D eigenvalue weighted by molar-refractivity contribution is -0.120. The molecule has 2 aromatic rings. The van der Waals surface area contributed by atoms with Crippen molar-refractivity contribution in [2.75, 3.05) is 20.8 Å². The predicted octanol–water partition coefficient (Wildman–Crippen LogP) is 1.78. The SMILES string of the molecule is C=CCNC(=O)CCc1cc2cc(OC)c(OC)cc2[nH]c1=O. The minimum absolute atomic E-state index is 0.114. The first-order valence-electron chi connectivity index (χ1n) is 7.24. The van der Waals surface area contributed by atoms with Crippen molar-refractivity contribution in [3.63, 3.8) is 0 Å². The van der Waals surface area contributed by atoms with Crippen LogP contribution in [0.3, 0.4) is 0 Å². The predicted molar refractivity (Wildman–Crippen MR) is 89.2 cm³/mol. The van der Waals surface area contributed by atoms with E-state index in [2.05, 4.69) is 16.9 Å². The van der Waals surface area contributed by atoms with Gasteiger partial charge >= 0.3 is 0 Å². The average molecular weight is 316 g/mol. The number of rotatable bonds is 7. The summed E-state index contributed by atoms with van der Waals surface area (Å²) in [5.74, 6) is 1.02. The number of methoxy groups -OCH3 is 2. The molecule has 0 aliphatic carbocycles. The Balaban J connectivity index is 2.28. The van der Waals surface area contributed by atoms with Gasteiger partial charge in [-0.3, -0.25) is 9.59 Å². The largest absolute Gasteiger partial charge is 0.493 e. The van der Waals surface area contributed by atoms with Crippen LogP contribution in [0, 0.1) is 0 Å². The summed E-state index contributed by atoms with van der Waals surface area (Å²) in [6, 6.07) is 5.29. The Morgan fingerprint density at radius 1 is 1.26 bits per heavy atom. The van der Waals surface area contributed by atoms with E-state index in [4.69, 9.17) is 9.47 Å². The van der Waals surface area contributed by atoms with E-state index < -0.39 is 0 Å². The van der Waals surface area contributed by atoms with E-state index in [-0.39, 0.29) is 17.9 Å². The average Bonchev–Trinajstić information content (AvgIpc) is 2.56. The number of ether oxygens (including phenoxy) is 2. The molecule has 0 fully saturated rings. The second-order valence-corrected chi connectivity index (χ2v) is 5.01. The zero-order chi connectivity index (χ0) is 16.8. The molecular weight excluding hydrogens is 296 g/mol. The Labute approximate surface area is 134 Å². The summed E-state index contributed by atoms with van der Waals surface area (Å²) in [5.41, 5.74) is 1.01. The van der Waals surface area contributed by atoms with E-state index in [0.29, 0.717) is 35.5 Å². The highest BCUT2D eigenvalue weighted by Crippen LogP contribution is 2.31. The van der Waals surface area contributed by atoms with Gasteiger partial charge in [0.2, 0.25) is 5.91 Å². The van der Waals surface area contributed by atoms with E-state index in [1.54, 1.807) is 31.4 Å². The van der Waals surface area contributed by atoms with Crippen LogP contribution in [0.1, 0.15) is 12.0 Å². The molecule has 1 amide bonds. The number of nitrogens with one attached hydrogen (secondary N) is 2. The quantitative estimate of drug-likeness (QED) is 0.763. The highest BCUT2D eigenvalue weighted by Gasteiger charge is 2.10. The first-order chi connectivity index (χ1) is 11.1. The summed E-state index contributed by atoms with van der Waals surface area (Å²) >= 11 is 0. The van der Waals surface area contributed by atoms with Gasteiger partial charge in [0.1, 0.15) is 0 Å². The van der Waals surface area contributed by atoms with Crippen LogP contribution >= 0.6 is 0 Å². The van der Waals surface area contributed by atoms with Crippen LogP contribution < -0.4 is 20.3 Å². The molecule has 6 nitrogen and oxygen atoms in total. The smallest absolute Gasteiger partial charge is 0.251 e. The molecule has 2 N–H and O–H groups in total. The van der Waals surface area contributed by atoms with Gasteiger partial charge in [0.25, 0.3) is 5.56 Å². The van der Waals surface area contributed by atoms with Crippen molar-refractivity contribution >= 4 is 16.8 Å². The maximum atomic E-state index is 12.1. The molecule has 1 heterocycles. The first kappa shape index (κ1) is 16.6. The number of amides is 1. The Hall–Kier alpha value is -2.76. The molecule has 6 heteroatoms. The molecule has 2 rings (SSSR count). The normalized spacial score (nSPS) is 10.3. The molecule has 0 atom stereocenters. The van der Waals surface area contributed by atoms with Crippen molar-refractivity contribution in [1.29, 1.82) is 0 Å². The number of benzene rings is 1. The van der Waals surface area contributed by atoms with Gasteiger partial charge in [-0.1, -0.05) is 6.08 Å². The summed E-state index contributed by atoms with van der Waals surface area (Å²) < 4.78 is 10.5. The molecule has 0 unspecified atom stereocenters. The molecule has 0 saturated heterocycles. The molecule has 23 heavy (non-hydrogen) atoms. The number of hydrogen-bond donors (Lipinski definition) is 2. The number of carbonyl (C=O) groups excluding carboxylic acids is 1. The van der Waals surface area contributed by atoms with Gasteiger partial charge in [0.15, 0.2) is 11.5 Å². The van der Waals surface area contributed by atoms with Crippen molar-refractivity contribution in [3.8, 4) is 11.5 Å². The van der Waals surface area contributed by atoms with Crippen LogP contribution in [-0.4, -0.2) is 31.7 Å². The lowest BCUT2D eigenvalue weighted by Crippen LogP contribution is -2.24. The Morgan fingerprint density at radius 3 is 2.61 bits per heavy atom. The molecule has 0 spiro atoms. The number of aromatic nitrogens is 1. The molecule has 1 aromatic heterocycles. The third-order valence-electron chi connectivity index (χ3n) is 3.49. The van der Waals surface area contributed by atoms with Crippen LogP contribution in [0.25, 0.3) is 10.9 Å². The lowest BCUT2D eigenvalue weighted by Gasteiger charge is -2.10. The number of aryl methyl sites for hydroxylation is 1. The first-order valence-corrected chi connectivity index (χ1v) is 7.24. The number of pyridine rings is 1. The van der Waals surface area contributed by atoms with Crippen LogP contribution in [0.5, 0.6) is 11.5 Å². The number of carbonyl (C=O) groups is 1. The van der Waals surface area contributed by atoms with E-state index in [1.807, 2.05) is 0 Å². The van der Waals surface area contributed by atoms with Crippen molar-refractivity contribution in [2.45, 2.75) is 12.8 Å². The summed E-state index contributed by atoms with van der Waals surface area (Å²) in [7, 11) is 3.10. The van der Waals surface area contributed by atoms with Gasteiger partial charge in [-0.15, -0.1) is 6.58 Å². The number of fused-ring (bicyclic) bond motifs is 1. The van der Waals surface area contributed by atoms with Gasteiger partial charge in [-0.05, 0) is 18.6 Å². The maximum Gasteiger partial charge on any atom is 0.251 e. The number of hydrogen-bond acceptors (Lipinski definition) is 4. The molecule has 0 radical (unpaired) electrons. The van der Waals surface area contributed by atoms with Crippen LogP contribution in [0.2, 0.25) is 0 Å². The Morgan fingerprint density at radius 2 is 1.96 bits per heavy atom. The van der Waals surface area contributed by atoms with Crippen LogP contribution in [0.4, 0.5) is 0 Å². The van der Waals surface area contributed by atoms with Crippen molar-refractivity contribution in [3.05, 3.63) is 46.8 Å². The van der Waals surface area contributed by atoms with Gasteiger partial charge < -0.3 is 19.8 Å². The summed E-state index contributed by atoms with van der Waals surface area (Å²) in [4.78, 5) is 26.6. The van der Waals surface area contributed by atoms with E-state index in [9.17, 15) is 9.59 Å². The van der Waals surface area contributed by atoms with Crippen molar-refractivity contribution in [1.82, 2.24) is 10.3 Å². The fourth-order valence-corrected chi connectivity index (χ4v) is 2.29. The molecule has 0 bridgehead atoms. The molecule has 122 valence electrons. The van der Waals surface area contributed by atoms with Gasteiger partial charge in [0.05, 0.1) is 19.7 Å². The summed E-state index contributed by atoms with van der Waals surface area (Å²) in [5, 5.41) is 3.51. The fraction of sp³-hybridized carbons (Fsp3) is 0.294. The third kappa shape index (κ3) is 3.91. The standard InChI is InChI=1S/C17H20N2O4/c1-4-7-18-16(20)6-5-11-8-12-9-14(22-2)15(23-3)10-13(12)19-17(11)21/h4,8-10H,1,5-7H2,2-3H3,(H,18,20)(H,19,21).